The maximum Gasteiger partial charge on any atom is 0.197 e. The van der Waals surface area contributed by atoms with Crippen LogP contribution in [-0.4, -0.2) is 5.78 Å². The summed E-state index contributed by atoms with van der Waals surface area (Å²) in [6, 6.07) is 0. The van der Waals surface area contributed by atoms with Gasteiger partial charge >= 0.3 is 0 Å². The number of Topliss-reactive ketones (excluding diaryl/α,β-unsaturated/α-hetero) is 1. The fourth-order valence-electron chi connectivity index (χ4n) is 4.51. The Balaban J connectivity index is 2.39. The lowest BCUT2D eigenvalue weighted by molar-refractivity contribution is -0.125. The van der Waals surface area contributed by atoms with Crippen molar-refractivity contribution in [2.24, 2.45) is 5.41 Å². The Bertz CT molecular complexity index is 633. The predicted octanol–water partition coefficient (Wildman–Crippen LogP) is 4.37. The van der Waals surface area contributed by atoms with Gasteiger partial charge in [0, 0.05) is 23.0 Å². The Kier molecular flexibility index (Phi) is 2.85. The number of allylic oxidation sites excluding steroid dienone is 1. The molecule has 0 radical (unpaired) electrons. The van der Waals surface area contributed by atoms with Crippen LogP contribution in [0.3, 0.4) is 0 Å². The van der Waals surface area contributed by atoms with Gasteiger partial charge in [0.1, 0.15) is 5.78 Å². The molecule has 0 saturated heterocycles. The molecule has 2 aliphatic rings. The van der Waals surface area contributed by atoms with Crippen LogP contribution in [0.25, 0.3) is 0 Å². The molecule has 0 aliphatic heterocycles. The molecule has 1 aromatic carbocycles. The summed E-state index contributed by atoms with van der Waals surface area (Å²) in [6.45, 7) is 6.77. The van der Waals surface area contributed by atoms with Crippen LogP contribution < -0.4 is 0 Å². The van der Waals surface area contributed by atoms with Gasteiger partial charge in [-0.2, -0.15) is 0 Å². The van der Waals surface area contributed by atoms with Gasteiger partial charge in [-0.05, 0) is 26.7 Å². The number of benzene rings is 1. The summed E-state index contributed by atoms with van der Waals surface area (Å²) < 4.78 is 55.4. The first kappa shape index (κ1) is 14.3. The van der Waals surface area contributed by atoms with Crippen LogP contribution in [0.5, 0.6) is 0 Å². The zero-order valence-electron chi connectivity index (χ0n) is 11.7. The van der Waals surface area contributed by atoms with E-state index in [4.69, 9.17) is 0 Å². The zero-order valence-corrected chi connectivity index (χ0v) is 11.7. The van der Waals surface area contributed by atoms with E-state index in [-0.39, 0.29) is 16.9 Å². The quantitative estimate of drug-likeness (QED) is 0.343. The van der Waals surface area contributed by atoms with E-state index in [0.717, 1.165) is 0 Å². The van der Waals surface area contributed by atoms with Crippen molar-refractivity contribution >= 4 is 5.78 Å². The highest BCUT2D eigenvalue weighted by molar-refractivity contribution is 5.90. The third-order valence-corrected chi connectivity index (χ3v) is 5.17. The van der Waals surface area contributed by atoms with Gasteiger partial charge < -0.3 is 0 Å². The highest BCUT2D eigenvalue weighted by Gasteiger charge is 2.63. The van der Waals surface area contributed by atoms with Crippen molar-refractivity contribution in [2.75, 3.05) is 0 Å². The number of rotatable bonds is 2. The summed E-state index contributed by atoms with van der Waals surface area (Å²) in [5, 5.41) is 0. The second-order valence-electron chi connectivity index (χ2n) is 5.97. The van der Waals surface area contributed by atoms with E-state index in [2.05, 4.69) is 6.58 Å². The van der Waals surface area contributed by atoms with E-state index < -0.39 is 40.5 Å². The minimum absolute atomic E-state index is 0.180. The van der Waals surface area contributed by atoms with E-state index in [1.165, 1.54) is 6.92 Å². The third-order valence-electron chi connectivity index (χ3n) is 5.17. The standard InChI is InChI=1S/C16H14F4O/c1-6(2)16(7(3)21)8-4-5-9(16)11-10(8)12(17)14(19)15(20)13(11)18/h8-9H,1,4-5H2,2-3H3/t8-,9+,16?. The molecule has 1 fully saturated rings. The van der Waals surface area contributed by atoms with Gasteiger partial charge in [0.2, 0.25) is 0 Å². The van der Waals surface area contributed by atoms with Crippen LogP contribution in [0.2, 0.25) is 0 Å². The number of hydrogen-bond donors (Lipinski definition) is 0. The molecule has 2 aliphatic carbocycles. The fraction of sp³-hybridized carbons (Fsp3) is 0.438. The molecule has 1 aromatic rings. The summed E-state index contributed by atoms with van der Waals surface area (Å²) in [5.74, 6) is -7.96. The van der Waals surface area contributed by atoms with Gasteiger partial charge in [0.15, 0.2) is 23.3 Å². The lowest BCUT2D eigenvalue weighted by Gasteiger charge is -2.32. The number of carbonyl (C=O) groups is 1. The molecule has 3 rings (SSSR count). The SMILES string of the molecule is C=C(C)C1(C(C)=O)[C@@H]2CC[C@H]1c1c(F)c(F)c(F)c(F)c12. The minimum atomic E-state index is -1.81. The summed E-state index contributed by atoms with van der Waals surface area (Å²) in [6.07, 6.45) is 0.872. The summed E-state index contributed by atoms with van der Waals surface area (Å²) in [4.78, 5) is 12.2. The summed E-state index contributed by atoms with van der Waals surface area (Å²) >= 11 is 0. The first-order valence-electron chi connectivity index (χ1n) is 6.78. The number of carbonyl (C=O) groups excluding carboxylic acids is 1. The van der Waals surface area contributed by atoms with E-state index in [0.29, 0.717) is 18.4 Å². The van der Waals surface area contributed by atoms with Crippen molar-refractivity contribution in [2.45, 2.75) is 38.5 Å². The average Bonchev–Trinajstić information content (AvgIpc) is 2.94. The molecule has 0 heterocycles. The smallest absolute Gasteiger partial charge is 0.197 e. The predicted molar refractivity (Wildman–Crippen MR) is 68.9 cm³/mol. The van der Waals surface area contributed by atoms with Crippen molar-refractivity contribution in [3.05, 3.63) is 46.5 Å². The number of fused-ring (bicyclic) bond motifs is 5. The monoisotopic (exact) mass is 298 g/mol. The average molecular weight is 298 g/mol. The van der Waals surface area contributed by atoms with E-state index >= 15 is 0 Å². The Morgan fingerprint density at radius 2 is 1.33 bits per heavy atom. The summed E-state index contributed by atoms with van der Waals surface area (Å²) in [5.41, 5.74) is -1.02. The molecule has 1 unspecified atom stereocenters. The molecule has 0 amide bonds. The molecular formula is C16H14F4O. The van der Waals surface area contributed by atoms with Crippen LogP contribution in [-0.2, 0) is 4.79 Å². The first-order chi connectivity index (χ1) is 9.76. The van der Waals surface area contributed by atoms with Gasteiger partial charge in [-0.3, -0.25) is 4.79 Å². The van der Waals surface area contributed by atoms with Gasteiger partial charge in [-0.25, -0.2) is 17.6 Å². The van der Waals surface area contributed by atoms with Crippen molar-refractivity contribution in [3.63, 3.8) is 0 Å². The second kappa shape index (κ2) is 4.18. The molecule has 21 heavy (non-hydrogen) atoms. The van der Waals surface area contributed by atoms with E-state index in [1.54, 1.807) is 6.92 Å². The van der Waals surface area contributed by atoms with Crippen LogP contribution in [0.1, 0.15) is 49.7 Å². The van der Waals surface area contributed by atoms with Crippen LogP contribution in [0, 0.1) is 28.7 Å². The van der Waals surface area contributed by atoms with Gasteiger partial charge in [0.05, 0.1) is 5.41 Å². The normalized spacial score (nSPS) is 29.6. The van der Waals surface area contributed by atoms with Crippen molar-refractivity contribution < 1.29 is 22.4 Å². The number of hydrogen-bond acceptors (Lipinski definition) is 1. The lowest BCUT2D eigenvalue weighted by Crippen LogP contribution is -2.33. The van der Waals surface area contributed by atoms with E-state index in [9.17, 15) is 22.4 Å². The van der Waals surface area contributed by atoms with Crippen molar-refractivity contribution in [3.8, 4) is 0 Å². The lowest BCUT2D eigenvalue weighted by atomic mass is 9.68. The Hall–Kier alpha value is -1.65. The van der Waals surface area contributed by atoms with Gasteiger partial charge in [-0.1, -0.05) is 12.2 Å². The molecule has 0 aromatic heterocycles. The molecule has 0 spiro atoms. The third kappa shape index (κ3) is 1.39. The highest BCUT2D eigenvalue weighted by Crippen LogP contribution is 2.68. The minimum Gasteiger partial charge on any atom is -0.299 e. The van der Waals surface area contributed by atoms with Crippen LogP contribution in [0.4, 0.5) is 17.6 Å². The molecule has 0 N–H and O–H groups in total. The molecule has 2 bridgehead atoms. The Morgan fingerprint density at radius 3 is 1.62 bits per heavy atom. The highest BCUT2D eigenvalue weighted by atomic mass is 19.2. The van der Waals surface area contributed by atoms with Gasteiger partial charge in [0.25, 0.3) is 0 Å². The molecule has 1 nitrogen and oxygen atoms in total. The fourth-order valence-corrected chi connectivity index (χ4v) is 4.51. The number of ketones is 1. The van der Waals surface area contributed by atoms with E-state index in [1.807, 2.05) is 0 Å². The summed E-state index contributed by atoms with van der Waals surface area (Å²) in [7, 11) is 0. The Morgan fingerprint density at radius 1 is 0.952 bits per heavy atom. The van der Waals surface area contributed by atoms with Crippen LogP contribution >= 0.6 is 0 Å². The molecule has 5 heteroatoms. The maximum absolute atomic E-state index is 14.1. The number of halogens is 4. The maximum atomic E-state index is 14.1. The second-order valence-corrected chi connectivity index (χ2v) is 5.97. The van der Waals surface area contributed by atoms with Crippen molar-refractivity contribution in [1.82, 2.24) is 0 Å². The van der Waals surface area contributed by atoms with Crippen molar-refractivity contribution in [1.29, 1.82) is 0 Å². The molecule has 112 valence electrons. The zero-order chi connectivity index (χ0) is 15.7. The molecular weight excluding hydrogens is 284 g/mol. The first-order valence-corrected chi connectivity index (χ1v) is 6.78. The largest absolute Gasteiger partial charge is 0.299 e. The van der Waals surface area contributed by atoms with Gasteiger partial charge in [-0.15, -0.1) is 0 Å². The van der Waals surface area contributed by atoms with Crippen LogP contribution in [0.15, 0.2) is 12.2 Å². The molecule has 1 saturated carbocycles. The Labute approximate surface area is 119 Å². The molecule has 3 atom stereocenters. The topological polar surface area (TPSA) is 17.1 Å².